The highest BCUT2D eigenvalue weighted by Gasteiger charge is 2.45. The average molecular weight is 847 g/mol. The normalized spacial score (nSPS) is 20.1. The van der Waals surface area contributed by atoms with E-state index in [0.717, 1.165) is 17.8 Å². The number of ether oxygens (including phenoxy) is 1. The molecule has 320 valence electrons. The van der Waals surface area contributed by atoms with Crippen LogP contribution in [0.5, 0.6) is 0 Å². The third kappa shape index (κ3) is 8.48. The lowest BCUT2D eigenvalue weighted by atomic mass is 9.83. The number of aromatic amines is 2. The Hall–Kier alpha value is -5.75. The fraction of sp³-hybridized carbons (Fsp3) is 0.476. The van der Waals surface area contributed by atoms with Crippen LogP contribution in [0.2, 0.25) is 0 Å². The van der Waals surface area contributed by atoms with E-state index in [2.05, 4.69) is 34.4 Å². The summed E-state index contributed by atoms with van der Waals surface area (Å²) in [5, 5.41) is 14.3. The number of aromatic nitrogens is 4. The zero-order valence-corrected chi connectivity index (χ0v) is 35.3. The molecule has 60 heavy (non-hydrogen) atoms. The number of esters is 1. The van der Waals surface area contributed by atoms with Crippen molar-refractivity contribution >= 4 is 67.5 Å². The Balaban J connectivity index is 1.44. The van der Waals surface area contributed by atoms with Crippen molar-refractivity contribution in [1.82, 2.24) is 30.6 Å². The van der Waals surface area contributed by atoms with Gasteiger partial charge in [-0.25, -0.2) is 4.79 Å². The average Bonchev–Trinajstić information content (AvgIpc) is 3.91. The fourth-order valence-corrected chi connectivity index (χ4v) is 9.22. The van der Waals surface area contributed by atoms with Gasteiger partial charge in [-0.15, -0.1) is 0 Å². The van der Waals surface area contributed by atoms with E-state index in [9.17, 15) is 42.3 Å². The van der Waals surface area contributed by atoms with E-state index < -0.39 is 76.3 Å². The third-order valence-electron chi connectivity index (χ3n) is 12.1. The second-order valence-electron chi connectivity index (χ2n) is 15.9. The number of H-pyrrole nitrogens is 2. The van der Waals surface area contributed by atoms with Crippen molar-refractivity contribution in [2.24, 2.45) is 0 Å². The number of carboxylic acids is 1. The van der Waals surface area contributed by atoms with Gasteiger partial charge in [0.1, 0.15) is 12.0 Å². The molecule has 3 aromatic heterocycles. The molecule has 2 aliphatic heterocycles. The zero-order chi connectivity index (χ0) is 44.0. The number of aryl methyl sites for hydroxylation is 2. The summed E-state index contributed by atoms with van der Waals surface area (Å²) in [5.41, 5.74) is 7.66. The van der Waals surface area contributed by atoms with Crippen LogP contribution < -0.4 is 10.6 Å². The molecule has 17 nitrogen and oxygen atoms in total. The van der Waals surface area contributed by atoms with E-state index in [1.165, 1.54) is 14.0 Å². The van der Waals surface area contributed by atoms with Crippen LogP contribution in [-0.2, 0) is 34.0 Å². The predicted octanol–water partition coefficient (Wildman–Crippen LogP) is 4.91. The number of hydrogen-bond donors (Lipinski definition) is 6. The molecule has 8 bridgehead atoms. The van der Waals surface area contributed by atoms with Gasteiger partial charge in [0, 0.05) is 81.4 Å². The van der Waals surface area contributed by atoms with Crippen LogP contribution in [0.15, 0.2) is 18.2 Å². The largest absolute Gasteiger partial charge is 0.480 e. The van der Waals surface area contributed by atoms with Crippen molar-refractivity contribution in [2.45, 2.75) is 109 Å². The summed E-state index contributed by atoms with van der Waals surface area (Å²) in [6.07, 6.45) is 0.479. The van der Waals surface area contributed by atoms with Gasteiger partial charge < -0.3 is 30.4 Å². The molecule has 6 atom stereocenters. The summed E-state index contributed by atoms with van der Waals surface area (Å²) in [6, 6.07) is 4.11. The third-order valence-corrected chi connectivity index (χ3v) is 12.8. The van der Waals surface area contributed by atoms with Crippen molar-refractivity contribution in [3.05, 3.63) is 68.8 Å². The summed E-state index contributed by atoms with van der Waals surface area (Å²) < 4.78 is 36.0. The first kappa shape index (κ1) is 43.8. The van der Waals surface area contributed by atoms with E-state index in [1.807, 2.05) is 39.0 Å². The number of methoxy groups -OCH3 is 1. The maximum Gasteiger partial charge on any atom is 0.326 e. The van der Waals surface area contributed by atoms with Crippen molar-refractivity contribution in [2.75, 3.05) is 19.4 Å². The summed E-state index contributed by atoms with van der Waals surface area (Å²) >= 11 is 0. The number of carbonyl (C=O) groups is 6. The minimum Gasteiger partial charge on any atom is -0.480 e. The van der Waals surface area contributed by atoms with Gasteiger partial charge in [0.15, 0.2) is 11.6 Å². The molecule has 0 aromatic carbocycles. The van der Waals surface area contributed by atoms with Crippen molar-refractivity contribution in [3.8, 4) is 0 Å². The molecule has 0 saturated heterocycles. The molecule has 6 rings (SSSR count). The first-order chi connectivity index (χ1) is 28.3. The van der Waals surface area contributed by atoms with E-state index in [-0.39, 0.29) is 36.4 Å². The zero-order valence-electron chi connectivity index (χ0n) is 34.5. The second-order valence-corrected chi connectivity index (χ2v) is 17.4. The highest BCUT2D eigenvalue weighted by atomic mass is 32.2. The number of ketones is 2. The number of aliphatic carboxylic acids is 1. The topological polar surface area (TPSA) is 268 Å². The Morgan fingerprint density at radius 1 is 0.917 bits per heavy atom. The van der Waals surface area contributed by atoms with Gasteiger partial charge in [-0.05, 0) is 69.4 Å². The molecule has 1 aliphatic carbocycles. The quantitative estimate of drug-likeness (QED) is 0.0546. The lowest BCUT2D eigenvalue weighted by Crippen LogP contribution is -2.44. The van der Waals surface area contributed by atoms with E-state index in [1.54, 1.807) is 0 Å². The van der Waals surface area contributed by atoms with Gasteiger partial charge in [-0.1, -0.05) is 20.8 Å². The monoisotopic (exact) mass is 846 g/mol. The maximum absolute atomic E-state index is 14.3. The molecule has 0 fully saturated rings. The Morgan fingerprint density at radius 3 is 2.18 bits per heavy atom. The molecule has 3 aromatic rings. The summed E-state index contributed by atoms with van der Waals surface area (Å²) in [5.74, 6) is -7.07. The number of carboxylic acid groups (broad SMARTS) is 1. The number of rotatable bonds is 14. The van der Waals surface area contributed by atoms with Crippen molar-refractivity contribution < 1.29 is 51.6 Å². The van der Waals surface area contributed by atoms with E-state index >= 15 is 0 Å². The van der Waals surface area contributed by atoms with Gasteiger partial charge in [-0.3, -0.25) is 38.5 Å². The van der Waals surface area contributed by atoms with E-state index in [4.69, 9.17) is 19.3 Å². The van der Waals surface area contributed by atoms with Gasteiger partial charge in [-0.2, -0.15) is 8.42 Å². The first-order valence-electron chi connectivity index (χ1n) is 19.9. The number of nitrogens with one attached hydrogen (secondary N) is 4. The molecule has 1 unspecified atom stereocenters. The number of amides is 2. The van der Waals surface area contributed by atoms with Gasteiger partial charge in [0.2, 0.25) is 11.8 Å². The predicted molar refractivity (Wildman–Crippen MR) is 220 cm³/mol. The lowest BCUT2D eigenvalue weighted by molar-refractivity contribution is -0.143. The van der Waals surface area contributed by atoms with Gasteiger partial charge >= 0.3 is 11.9 Å². The van der Waals surface area contributed by atoms with Crippen LogP contribution in [0, 0.1) is 13.8 Å². The molecular formula is C42H50N6O11S. The molecule has 0 spiro atoms. The Bertz CT molecular complexity index is 2590. The van der Waals surface area contributed by atoms with Crippen LogP contribution in [0.1, 0.15) is 150 Å². The van der Waals surface area contributed by atoms with Crippen molar-refractivity contribution in [3.63, 3.8) is 0 Å². The molecule has 3 aliphatic rings. The number of fused-ring (bicyclic) bond motifs is 8. The molecule has 2 amide bonds. The Morgan fingerprint density at radius 2 is 1.55 bits per heavy atom. The minimum absolute atomic E-state index is 0.0289. The molecular weight excluding hydrogens is 797 g/mol. The van der Waals surface area contributed by atoms with Crippen LogP contribution in [0.3, 0.4) is 0 Å². The number of nitrogens with zero attached hydrogens (tertiary/aromatic N) is 2. The Kier molecular flexibility index (Phi) is 12.5. The standard InChI is InChI=1S/C42H50N6O11S/c1-8-23-18(2)25-16-30-34(22(6)49)20(4)27(45-30)14-26-19(3)24(10-9-11-32(50)46-31(41(53)54)17-33(51)43-12-13-60(56,57)58)38(47-26)36-37(42(55)59-7)40(52)35-21(5)28(48-39(35)36)15-29(23)44-25/h14-16,18-19,23-24,31,37,45,48H,8-13,17H2,1-7H3,(H,43,51)(H,46,50)(H,53,54)(H,56,57,58)/t18-,19+,23-,24+,31+,37?/m1/s1. The summed E-state index contributed by atoms with van der Waals surface area (Å²) in [4.78, 5) is 95.4. The lowest BCUT2D eigenvalue weighted by Gasteiger charge is -2.19. The van der Waals surface area contributed by atoms with Crippen LogP contribution in [0.4, 0.5) is 0 Å². The minimum atomic E-state index is -4.35. The fourth-order valence-electron chi connectivity index (χ4n) is 8.86. The molecule has 0 radical (unpaired) electrons. The van der Waals surface area contributed by atoms with Gasteiger partial charge in [0.05, 0.1) is 36.0 Å². The summed E-state index contributed by atoms with van der Waals surface area (Å²) in [6.45, 7) is 10.9. The number of Topliss-reactive ketones (excluding diaryl/α,β-unsaturated/α-hetero) is 2. The van der Waals surface area contributed by atoms with Crippen LogP contribution in [0.25, 0.3) is 22.1 Å². The second kappa shape index (κ2) is 17.1. The van der Waals surface area contributed by atoms with Crippen LogP contribution >= 0.6 is 0 Å². The number of carbonyl (C=O) groups excluding carboxylic acids is 5. The SMILES string of the molecule is CC[C@H]1c2cc3[nH]c4c(c3C)C(=O)C(C(=O)OC)c4c3nc(cc4[nH]c(cc(n2)[C@@H]1C)c(C(C)=O)c4C)[C@@H](C)[C@@H]3CCCC(=O)N[C@@H](CC(=O)NCCS(=O)(=O)O)C(=O)O. The smallest absolute Gasteiger partial charge is 0.326 e. The molecule has 5 heterocycles. The van der Waals surface area contributed by atoms with Gasteiger partial charge in [0.25, 0.3) is 10.1 Å². The number of hydrogen-bond acceptors (Lipinski definition) is 11. The molecule has 6 N–H and O–H groups in total. The first-order valence-corrected chi connectivity index (χ1v) is 21.5. The molecule has 18 heteroatoms. The maximum atomic E-state index is 14.3. The molecule has 0 saturated carbocycles. The van der Waals surface area contributed by atoms with E-state index in [0.29, 0.717) is 67.7 Å². The highest BCUT2D eigenvalue weighted by molar-refractivity contribution is 7.85. The van der Waals surface area contributed by atoms with Crippen molar-refractivity contribution in [1.29, 1.82) is 0 Å². The van der Waals surface area contributed by atoms with Crippen LogP contribution in [-0.4, -0.2) is 98.8 Å². The summed E-state index contributed by atoms with van der Waals surface area (Å²) in [7, 11) is -3.14. The Labute approximate surface area is 346 Å². The highest BCUT2D eigenvalue weighted by Crippen LogP contribution is 2.48.